The Morgan fingerprint density at radius 1 is 1.30 bits per heavy atom. The van der Waals surface area contributed by atoms with Crippen molar-refractivity contribution in [3.8, 4) is 0 Å². The summed E-state index contributed by atoms with van der Waals surface area (Å²) in [4.78, 5) is 4.34. The zero-order valence-corrected chi connectivity index (χ0v) is 13.2. The van der Waals surface area contributed by atoms with Gasteiger partial charge in [0.2, 0.25) is 0 Å². The highest BCUT2D eigenvalue weighted by molar-refractivity contribution is 9.10. The zero-order valence-electron chi connectivity index (χ0n) is 11.7. The fourth-order valence-corrected chi connectivity index (χ4v) is 2.72. The van der Waals surface area contributed by atoms with Crippen molar-refractivity contribution < 1.29 is 4.39 Å². The Labute approximate surface area is 127 Å². The second kappa shape index (κ2) is 6.95. The maximum absolute atomic E-state index is 13.5. The molecule has 0 amide bonds. The second-order valence-electron chi connectivity index (χ2n) is 4.82. The van der Waals surface area contributed by atoms with Crippen LogP contribution >= 0.6 is 15.9 Å². The third-order valence-electron chi connectivity index (χ3n) is 3.15. The van der Waals surface area contributed by atoms with E-state index in [4.69, 9.17) is 0 Å². The van der Waals surface area contributed by atoms with Gasteiger partial charge in [-0.25, -0.2) is 4.39 Å². The van der Waals surface area contributed by atoms with E-state index in [2.05, 4.69) is 39.2 Å². The molecule has 0 saturated heterocycles. The Kier molecular flexibility index (Phi) is 5.26. The molecule has 0 fully saturated rings. The Morgan fingerprint density at radius 3 is 2.70 bits per heavy atom. The lowest BCUT2D eigenvalue weighted by Crippen LogP contribution is -2.23. The zero-order chi connectivity index (χ0) is 14.5. The predicted molar refractivity (Wildman–Crippen MR) is 83.2 cm³/mol. The average Bonchev–Trinajstić information content (AvgIpc) is 2.38. The minimum absolute atomic E-state index is 0.141. The SMILES string of the molecule is CCNC(Cc1cc(F)cc(Br)c1)c1ccc(C)nc1. The number of aryl methyl sites for hydroxylation is 1. The van der Waals surface area contributed by atoms with Crippen LogP contribution in [0.15, 0.2) is 41.0 Å². The molecule has 1 unspecified atom stereocenters. The molecule has 0 aliphatic rings. The van der Waals surface area contributed by atoms with Gasteiger partial charge < -0.3 is 5.32 Å². The summed E-state index contributed by atoms with van der Waals surface area (Å²) in [6, 6.07) is 9.22. The minimum Gasteiger partial charge on any atom is -0.310 e. The summed E-state index contributed by atoms with van der Waals surface area (Å²) in [6.07, 6.45) is 2.62. The third kappa shape index (κ3) is 4.12. The third-order valence-corrected chi connectivity index (χ3v) is 3.61. The standard InChI is InChI=1S/C16H18BrFN2/c1-3-19-16(13-5-4-11(2)20-10-13)8-12-6-14(17)9-15(18)7-12/h4-7,9-10,16,19H,3,8H2,1-2H3. The van der Waals surface area contributed by atoms with Crippen LogP contribution in [0.5, 0.6) is 0 Å². The normalized spacial score (nSPS) is 12.4. The van der Waals surface area contributed by atoms with E-state index in [-0.39, 0.29) is 11.9 Å². The van der Waals surface area contributed by atoms with Crippen molar-refractivity contribution in [1.29, 1.82) is 0 Å². The Hall–Kier alpha value is -1.26. The molecule has 1 atom stereocenters. The molecular formula is C16H18BrFN2. The van der Waals surface area contributed by atoms with Gasteiger partial charge in [0.25, 0.3) is 0 Å². The van der Waals surface area contributed by atoms with Crippen molar-refractivity contribution in [2.45, 2.75) is 26.3 Å². The fourth-order valence-electron chi connectivity index (χ4n) is 2.20. The summed E-state index contributed by atoms with van der Waals surface area (Å²) in [5.74, 6) is -0.216. The van der Waals surface area contributed by atoms with Crippen LogP contribution in [0.3, 0.4) is 0 Å². The Morgan fingerprint density at radius 2 is 2.10 bits per heavy atom. The van der Waals surface area contributed by atoms with E-state index >= 15 is 0 Å². The van der Waals surface area contributed by atoms with Crippen LogP contribution in [-0.2, 0) is 6.42 Å². The molecule has 1 N–H and O–H groups in total. The van der Waals surface area contributed by atoms with Gasteiger partial charge in [0.15, 0.2) is 0 Å². The second-order valence-corrected chi connectivity index (χ2v) is 5.74. The molecule has 1 heterocycles. The number of nitrogens with zero attached hydrogens (tertiary/aromatic N) is 1. The quantitative estimate of drug-likeness (QED) is 0.885. The molecule has 1 aromatic heterocycles. The first kappa shape index (κ1) is 15.1. The molecular weight excluding hydrogens is 319 g/mol. The highest BCUT2D eigenvalue weighted by Gasteiger charge is 2.12. The lowest BCUT2D eigenvalue weighted by atomic mass is 10.00. The van der Waals surface area contributed by atoms with Crippen molar-refractivity contribution in [1.82, 2.24) is 10.3 Å². The van der Waals surface area contributed by atoms with Gasteiger partial charge in [-0.1, -0.05) is 28.9 Å². The molecule has 1 aromatic carbocycles. The predicted octanol–water partition coefficient (Wildman–Crippen LogP) is 4.18. The molecule has 0 aliphatic carbocycles. The van der Waals surface area contributed by atoms with Crippen molar-refractivity contribution in [2.75, 3.05) is 6.54 Å². The van der Waals surface area contributed by atoms with Crippen molar-refractivity contribution in [3.63, 3.8) is 0 Å². The van der Waals surface area contributed by atoms with Crippen LogP contribution in [0.2, 0.25) is 0 Å². The first-order chi connectivity index (χ1) is 9.58. The van der Waals surface area contributed by atoms with Crippen LogP contribution in [-0.4, -0.2) is 11.5 Å². The molecule has 2 aromatic rings. The lowest BCUT2D eigenvalue weighted by molar-refractivity contribution is 0.545. The van der Waals surface area contributed by atoms with Crippen LogP contribution in [0.1, 0.15) is 29.8 Å². The first-order valence-electron chi connectivity index (χ1n) is 6.69. The Bertz CT molecular complexity index is 549. The molecule has 2 rings (SSSR count). The monoisotopic (exact) mass is 336 g/mol. The van der Waals surface area contributed by atoms with Gasteiger partial charge in [-0.2, -0.15) is 0 Å². The van der Waals surface area contributed by atoms with E-state index in [9.17, 15) is 4.39 Å². The number of nitrogens with one attached hydrogen (secondary N) is 1. The van der Waals surface area contributed by atoms with Gasteiger partial charge >= 0.3 is 0 Å². The molecule has 0 spiro atoms. The number of benzene rings is 1. The number of hydrogen-bond donors (Lipinski definition) is 1. The van der Waals surface area contributed by atoms with E-state index in [1.165, 1.54) is 6.07 Å². The molecule has 2 nitrogen and oxygen atoms in total. The van der Waals surface area contributed by atoms with Crippen LogP contribution < -0.4 is 5.32 Å². The number of rotatable bonds is 5. The summed E-state index contributed by atoms with van der Waals surface area (Å²) >= 11 is 3.33. The molecule has 0 saturated carbocycles. The molecule has 0 aliphatic heterocycles. The highest BCUT2D eigenvalue weighted by atomic mass is 79.9. The first-order valence-corrected chi connectivity index (χ1v) is 7.48. The number of halogens is 2. The summed E-state index contributed by atoms with van der Waals surface area (Å²) in [6.45, 7) is 4.89. The van der Waals surface area contributed by atoms with Gasteiger partial charge in [0.05, 0.1) is 0 Å². The highest BCUT2D eigenvalue weighted by Crippen LogP contribution is 2.21. The number of likely N-dealkylation sites (N-methyl/N-ethyl adjacent to an activating group) is 1. The summed E-state index contributed by atoms with van der Waals surface area (Å²) < 4.78 is 14.2. The van der Waals surface area contributed by atoms with E-state index < -0.39 is 0 Å². The lowest BCUT2D eigenvalue weighted by Gasteiger charge is -2.18. The summed E-state index contributed by atoms with van der Waals surface area (Å²) in [5.41, 5.74) is 3.08. The van der Waals surface area contributed by atoms with Crippen LogP contribution in [0.25, 0.3) is 0 Å². The van der Waals surface area contributed by atoms with Crippen LogP contribution in [0, 0.1) is 12.7 Å². The molecule has 0 bridgehead atoms. The van der Waals surface area contributed by atoms with Crippen molar-refractivity contribution in [3.05, 3.63) is 63.6 Å². The number of pyridine rings is 1. The van der Waals surface area contributed by atoms with E-state index in [0.29, 0.717) is 0 Å². The maximum atomic E-state index is 13.5. The van der Waals surface area contributed by atoms with Gasteiger partial charge in [-0.3, -0.25) is 4.98 Å². The van der Waals surface area contributed by atoms with Crippen molar-refractivity contribution >= 4 is 15.9 Å². The number of hydrogen-bond acceptors (Lipinski definition) is 2. The average molecular weight is 337 g/mol. The topological polar surface area (TPSA) is 24.9 Å². The molecule has 4 heteroatoms. The maximum Gasteiger partial charge on any atom is 0.124 e. The number of aromatic nitrogens is 1. The van der Waals surface area contributed by atoms with Gasteiger partial charge in [-0.15, -0.1) is 0 Å². The largest absolute Gasteiger partial charge is 0.310 e. The van der Waals surface area contributed by atoms with Gasteiger partial charge in [-0.05, 0) is 55.3 Å². The van der Waals surface area contributed by atoms with Crippen LogP contribution in [0.4, 0.5) is 4.39 Å². The van der Waals surface area contributed by atoms with E-state index in [0.717, 1.165) is 34.3 Å². The smallest absolute Gasteiger partial charge is 0.124 e. The Balaban J connectivity index is 2.22. The molecule has 20 heavy (non-hydrogen) atoms. The van der Waals surface area contributed by atoms with E-state index in [1.54, 1.807) is 6.07 Å². The van der Waals surface area contributed by atoms with E-state index in [1.807, 2.05) is 25.3 Å². The van der Waals surface area contributed by atoms with Gasteiger partial charge in [0.1, 0.15) is 5.82 Å². The fraction of sp³-hybridized carbons (Fsp3) is 0.312. The molecule has 106 valence electrons. The van der Waals surface area contributed by atoms with Crippen molar-refractivity contribution in [2.24, 2.45) is 0 Å². The summed E-state index contributed by atoms with van der Waals surface area (Å²) in [5, 5.41) is 3.43. The van der Waals surface area contributed by atoms with Gasteiger partial charge in [0, 0.05) is 22.4 Å². The molecule has 0 radical (unpaired) electrons. The minimum atomic E-state index is -0.216. The summed E-state index contributed by atoms with van der Waals surface area (Å²) in [7, 11) is 0.